The number of fused-ring (bicyclic) bond motifs is 1. The van der Waals surface area contributed by atoms with Crippen LogP contribution in [-0.4, -0.2) is 4.98 Å². The zero-order valence-corrected chi connectivity index (χ0v) is 11.7. The lowest BCUT2D eigenvalue weighted by Gasteiger charge is -2.14. The molecular weight excluding hydrogens is 287 g/mol. The third-order valence-corrected chi connectivity index (χ3v) is 3.79. The van der Waals surface area contributed by atoms with Gasteiger partial charge in [0, 0.05) is 23.0 Å². The number of alkyl halides is 3. The lowest BCUT2D eigenvalue weighted by atomic mass is 9.90. The molecule has 0 amide bonds. The minimum absolute atomic E-state index is 0.154. The SMILES string of the molecule is C=CC(c1ccc(C(F)(F)F)cc1)c1c[nH]c2ccccc12. The number of benzene rings is 2. The molecule has 0 aliphatic heterocycles. The van der Waals surface area contributed by atoms with Crippen molar-refractivity contribution >= 4 is 10.9 Å². The van der Waals surface area contributed by atoms with Crippen LogP contribution in [0.2, 0.25) is 0 Å². The van der Waals surface area contributed by atoms with E-state index in [2.05, 4.69) is 11.6 Å². The Balaban J connectivity index is 2.03. The summed E-state index contributed by atoms with van der Waals surface area (Å²) >= 11 is 0. The molecule has 1 nitrogen and oxygen atoms in total. The van der Waals surface area contributed by atoms with E-state index in [1.165, 1.54) is 12.1 Å². The van der Waals surface area contributed by atoms with E-state index in [9.17, 15) is 13.2 Å². The molecule has 0 saturated carbocycles. The number of H-pyrrole nitrogens is 1. The van der Waals surface area contributed by atoms with Gasteiger partial charge >= 0.3 is 6.18 Å². The molecule has 0 bridgehead atoms. The summed E-state index contributed by atoms with van der Waals surface area (Å²) in [4.78, 5) is 3.18. The third-order valence-electron chi connectivity index (χ3n) is 3.79. The summed E-state index contributed by atoms with van der Waals surface area (Å²) in [6.45, 7) is 3.84. The van der Waals surface area contributed by atoms with Gasteiger partial charge in [0.15, 0.2) is 0 Å². The highest BCUT2D eigenvalue weighted by molar-refractivity contribution is 5.84. The van der Waals surface area contributed by atoms with Gasteiger partial charge in [-0.25, -0.2) is 0 Å². The maximum Gasteiger partial charge on any atom is 0.416 e. The van der Waals surface area contributed by atoms with Crippen LogP contribution in [0.25, 0.3) is 10.9 Å². The molecule has 0 fully saturated rings. The van der Waals surface area contributed by atoms with E-state index in [4.69, 9.17) is 0 Å². The van der Waals surface area contributed by atoms with Crippen LogP contribution in [0.15, 0.2) is 67.4 Å². The molecular formula is C18H14F3N. The minimum atomic E-state index is -4.32. The quantitative estimate of drug-likeness (QED) is 0.614. The van der Waals surface area contributed by atoms with Gasteiger partial charge in [-0.1, -0.05) is 36.4 Å². The van der Waals surface area contributed by atoms with Gasteiger partial charge in [-0.05, 0) is 29.3 Å². The summed E-state index contributed by atoms with van der Waals surface area (Å²) in [5.74, 6) is -0.154. The fourth-order valence-electron chi connectivity index (χ4n) is 2.67. The number of hydrogen-bond donors (Lipinski definition) is 1. The molecule has 3 rings (SSSR count). The molecule has 112 valence electrons. The molecule has 2 aromatic carbocycles. The van der Waals surface area contributed by atoms with Gasteiger partial charge in [0.05, 0.1) is 5.56 Å². The van der Waals surface area contributed by atoms with Crippen molar-refractivity contribution in [1.29, 1.82) is 0 Å². The summed E-state index contributed by atoms with van der Waals surface area (Å²) in [6, 6.07) is 13.1. The predicted octanol–water partition coefficient (Wildman–Crippen LogP) is 5.50. The largest absolute Gasteiger partial charge is 0.416 e. The first-order chi connectivity index (χ1) is 10.5. The maximum atomic E-state index is 12.7. The highest BCUT2D eigenvalue weighted by Gasteiger charge is 2.30. The topological polar surface area (TPSA) is 15.8 Å². The fourth-order valence-corrected chi connectivity index (χ4v) is 2.67. The third kappa shape index (κ3) is 2.52. The maximum absolute atomic E-state index is 12.7. The molecule has 0 aliphatic carbocycles. The Morgan fingerprint density at radius 1 is 1.00 bits per heavy atom. The van der Waals surface area contributed by atoms with Crippen molar-refractivity contribution in [2.24, 2.45) is 0 Å². The number of halogens is 3. The number of hydrogen-bond acceptors (Lipinski definition) is 0. The van der Waals surface area contributed by atoms with E-state index in [0.29, 0.717) is 0 Å². The summed E-state index contributed by atoms with van der Waals surface area (Å²) < 4.78 is 38.0. The predicted molar refractivity (Wildman–Crippen MR) is 81.8 cm³/mol. The van der Waals surface area contributed by atoms with Gasteiger partial charge in [-0.15, -0.1) is 6.58 Å². The van der Waals surface area contributed by atoms with Gasteiger partial charge in [0.1, 0.15) is 0 Å². The van der Waals surface area contributed by atoms with Gasteiger partial charge in [0.25, 0.3) is 0 Å². The zero-order valence-electron chi connectivity index (χ0n) is 11.7. The molecule has 4 heteroatoms. The van der Waals surface area contributed by atoms with Crippen LogP contribution in [0.5, 0.6) is 0 Å². The van der Waals surface area contributed by atoms with Crippen molar-refractivity contribution in [3.05, 3.63) is 84.1 Å². The van der Waals surface area contributed by atoms with Crippen molar-refractivity contribution in [1.82, 2.24) is 4.98 Å². The Bertz CT molecular complexity index is 797. The highest BCUT2D eigenvalue weighted by atomic mass is 19.4. The van der Waals surface area contributed by atoms with Crippen LogP contribution >= 0.6 is 0 Å². The van der Waals surface area contributed by atoms with Gasteiger partial charge in [-0.2, -0.15) is 13.2 Å². The zero-order chi connectivity index (χ0) is 15.7. The van der Waals surface area contributed by atoms with Crippen LogP contribution in [0.1, 0.15) is 22.6 Å². The first kappa shape index (κ1) is 14.4. The fraction of sp³-hybridized carbons (Fsp3) is 0.111. The van der Waals surface area contributed by atoms with Gasteiger partial charge < -0.3 is 4.98 Å². The second kappa shape index (κ2) is 5.37. The normalized spacial score (nSPS) is 13.2. The van der Waals surface area contributed by atoms with Crippen LogP contribution in [0, 0.1) is 0 Å². The van der Waals surface area contributed by atoms with Crippen LogP contribution < -0.4 is 0 Å². The Morgan fingerprint density at radius 3 is 2.32 bits per heavy atom. The second-order valence-corrected chi connectivity index (χ2v) is 5.12. The summed E-state index contributed by atoms with van der Waals surface area (Å²) in [6.07, 6.45) is -0.685. The molecule has 1 aromatic heterocycles. The van der Waals surface area contributed by atoms with Crippen LogP contribution in [0.3, 0.4) is 0 Å². The number of allylic oxidation sites excluding steroid dienone is 1. The average molecular weight is 301 g/mol. The van der Waals surface area contributed by atoms with Crippen LogP contribution in [-0.2, 0) is 6.18 Å². The lowest BCUT2D eigenvalue weighted by Crippen LogP contribution is -2.05. The molecule has 1 N–H and O–H groups in total. The van der Waals surface area contributed by atoms with E-state index in [1.807, 2.05) is 30.5 Å². The van der Waals surface area contributed by atoms with E-state index in [1.54, 1.807) is 6.08 Å². The molecule has 0 radical (unpaired) electrons. The Hall–Kier alpha value is -2.49. The first-order valence-electron chi connectivity index (χ1n) is 6.86. The number of nitrogens with one attached hydrogen (secondary N) is 1. The molecule has 1 unspecified atom stereocenters. The van der Waals surface area contributed by atoms with Crippen molar-refractivity contribution in [3.63, 3.8) is 0 Å². The monoisotopic (exact) mass is 301 g/mol. The van der Waals surface area contributed by atoms with Crippen molar-refractivity contribution < 1.29 is 13.2 Å². The minimum Gasteiger partial charge on any atom is -0.361 e. The molecule has 0 spiro atoms. The molecule has 0 saturated heterocycles. The van der Waals surface area contributed by atoms with Crippen molar-refractivity contribution in [2.45, 2.75) is 12.1 Å². The second-order valence-electron chi connectivity index (χ2n) is 5.12. The average Bonchev–Trinajstić information content (AvgIpc) is 2.92. The van der Waals surface area contributed by atoms with E-state index in [-0.39, 0.29) is 5.92 Å². The number of para-hydroxylation sites is 1. The smallest absolute Gasteiger partial charge is 0.361 e. The summed E-state index contributed by atoms with van der Waals surface area (Å²) in [5, 5.41) is 1.05. The van der Waals surface area contributed by atoms with E-state index >= 15 is 0 Å². The standard InChI is InChI=1S/C18H14F3N/c1-2-14(12-7-9-13(10-8-12)18(19,20)21)16-11-22-17-6-4-3-5-15(16)17/h2-11,14,22H,1H2. The van der Waals surface area contributed by atoms with E-state index in [0.717, 1.165) is 34.2 Å². The van der Waals surface area contributed by atoms with Crippen LogP contribution in [0.4, 0.5) is 13.2 Å². The Labute approximate surface area is 126 Å². The van der Waals surface area contributed by atoms with E-state index < -0.39 is 11.7 Å². The van der Waals surface area contributed by atoms with Crippen molar-refractivity contribution in [2.75, 3.05) is 0 Å². The summed E-state index contributed by atoms with van der Waals surface area (Å²) in [5.41, 5.74) is 2.15. The molecule has 22 heavy (non-hydrogen) atoms. The highest BCUT2D eigenvalue weighted by Crippen LogP contribution is 2.34. The molecule has 0 aliphatic rings. The molecule has 1 heterocycles. The van der Waals surface area contributed by atoms with Gasteiger partial charge in [-0.3, -0.25) is 0 Å². The number of aromatic nitrogens is 1. The number of rotatable bonds is 3. The van der Waals surface area contributed by atoms with Gasteiger partial charge in [0.2, 0.25) is 0 Å². The lowest BCUT2D eigenvalue weighted by molar-refractivity contribution is -0.137. The Morgan fingerprint density at radius 2 is 1.68 bits per heavy atom. The molecule has 3 aromatic rings. The Kier molecular flexibility index (Phi) is 3.53. The first-order valence-corrected chi connectivity index (χ1v) is 6.86. The van der Waals surface area contributed by atoms with Crippen molar-refractivity contribution in [3.8, 4) is 0 Å². The summed E-state index contributed by atoms with van der Waals surface area (Å²) in [7, 11) is 0. The number of aromatic amines is 1. The molecule has 1 atom stereocenters.